The number of amides is 2. The zero-order valence-corrected chi connectivity index (χ0v) is 15.8. The maximum Gasteiger partial charge on any atom is 0.256 e. The molecule has 0 atom stereocenters. The average molecular weight is 374 g/mol. The van der Waals surface area contributed by atoms with Gasteiger partial charge in [-0.25, -0.2) is 0 Å². The molecule has 1 aliphatic heterocycles. The van der Waals surface area contributed by atoms with Crippen molar-refractivity contribution >= 4 is 34.0 Å². The number of rotatable bonds is 4. The first kappa shape index (κ1) is 18.0. The minimum absolute atomic E-state index is 0.108. The molecule has 0 bridgehead atoms. The molecule has 0 radical (unpaired) electrons. The Balaban J connectivity index is 1.61. The summed E-state index contributed by atoms with van der Waals surface area (Å²) in [4.78, 5) is 26.8. The van der Waals surface area contributed by atoms with Crippen LogP contribution in [-0.2, 0) is 4.79 Å². The number of nitrogens with zero attached hydrogens (tertiary/aromatic N) is 1. The van der Waals surface area contributed by atoms with E-state index in [4.69, 9.17) is 4.74 Å². The molecule has 28 heavy (non-hydrogen) atoms. The molecule has 1 N–H and O–H groups in total. The van der Waals surface area contributed by atoms with Gasteiger partial charge >= 0.3 is 0 Å². The summed E-state index contributed by atoms with van der Waals surface area (Å²) < 4.78 is 5.50. The first-order valence-electron chi connectivity index (χ1n) is 9.45. The van der Waals surface area contributed by atoms with Gasteiger partial charge in [-0.15, -0.1) is 0 Å². The van der Waals surface area contributed by atoms with Crippen LogP contribution in [-0.4, -0.2) is 25.5 Å². The predicted octanol–water partition coefficient (Wildman–Crippen LogP) is 4.62. The minimum Gasteiger partial charge on any atom is -0.494 e. The standard InChI is InChI=1S/C23H22N2O3/c1-28-21-15-17(12-13-20(21)25-14-5-4-11-22(25)26)24-23(27)19-10-6-8-16-7-2-3-9-18(16)19/h2-3,6-10,12-13,15H,4-5,11,14H2,1H3,(H,24,27). The van der Waals surface area contributed by atoms with Gasteiger partial charge < -0.3 is 15.0 Å². The normalized spacial score (nSPS) is 14.2. The van der Waals surface area contributed by atoms with Gasteiger partial charge in [0, 0.05) is 30.3 Å². The van der Waals surface area contributed by atoms with E-state index in [0.29, 0.717) is 30.0 Å². The molecule has 1 saturated heterocycles. The Labute approximate surface area is 163 Å². The Hall–Kier alpha value is -3.34. The summed E-state index contributed by atoms with van der Waals surface area (Å²) in [7, 11) is 1.57. The van der Waals surface area contributed by atoms with E-state index in [9.17, 15) is 9.59 Å². The van der Waals surface area contributed by atoms with Crippen LogP contribution in [0.4, 0.5) is 11.4 Å². The van der Waals surface area contributed by atoms with Gasteiger partial charge in [-0.3, -0.25) is 9.59 Å². The van der Waals surface area contributed by atoms with Crippen molar-refractivity contribution in [1.29, 1.82) is 0 Å². The molecule has 1 aliphatic rings. The number of piperidine rings is 1. The lowest BCUT2D eigenvalue weighted by Gasteiger charge is -2.28. The predicted molar refractivity (Wildman–Crippen MR) is 111 cm³/mol. The highest BCUT2D eigenvalue weighted by molar-refractivity contribution is 6.13. The fourth-order valence-corrected chi connectivity index (χ4v) is 3.66. The summed E-state index contributed by atoms with van der Waals surface area (Å²) in [6.45, 7) is 0.691. The molecule has 2 amide bonds. The fourth-order valence-electron chi connectivity index (χ4n) is 3.66. The number of anilines is 2. The van der Waals surface area contributed by atoms with Crippen LogP contribution in [0.3, 0.4) is 0 Å². The highest BCUT2D eigenvalue weighted by Crippen LogP contribution is 2.33. The van der Waals surface area contributed by atoms with Crippen LogP contribution in [0.15, 0.2) is 60.7 Å². The summed E-state index contributed by atoms with van der Waals surface area (Å²) >= 11 is 0. The molecule has 1 fully saturated rings. The van der Waals surface area contributed by atoms with E-state index in [-0.39, 0.29) is 11.8 Å². The molecular weight excluding hydrogens is 352 g/mol. The Morgan fingerprint density at radius 1 is 1.04 bits per heavy atom. The second-order valence-electron chi connectivity index (χ2n) is 6.87. The molecular formula is C23H22N2O3. The average Bonchev–Trinajstić information content (AvgIpc) is 2.73. The van der Waals surface area contributed by atoms with E-state index in [2.05, 4.69) is 5.32 Å². The van der Waals surface area contributed by atoms with Crippen LogP contribution in [0.25, 0.3) is 10.8 Å². The topological polar surface area (TPSA) is 58.6 Å². The lowest BCUT2D eigenvalue weighted by atomic mass is 10.0. The number of ether oxygens (including phenoxy) is 1. The monoisotopic (exact) mass is 374 g/mol. The SMILES string of the molecule is COc1cc(NC(=O)c2cccc3ccccc23)ccc1N1CCCCC1=O. The third-order valence-electron chi connectivity index (χ3n) is 5.09. The summed E-state index contributed by atoms with van der Waals surface area (Å²) in [5.41, 5.74) is 1.99. The third-order valence-corrected chi connectivity index (χ3v) is 5.09. The number of carbonyl (C=O) groups is 2. The van der Waals surface area contributed by atoms with Crippen molar-refractivity contribution in [3.8, 4) is 5.75 Å². The lowest BCUT2D eigenvalue weighted by molar-refractivity contribution is -0.119. The van der Waals surface area contributed by atoms with Gasteiger partial charge in [-0.05, 0) is 41.8 Å². The van der Waals surface area contributed by atoms with Crippen LogP contribution in [0.2, 0.25) is 0 Å². The number of methoxy groups -OCH3 is 1. The van der Waals surface area contributed by atoms with E-state index in [1.165, 1.54) is 0 Å². The number of fused-ring (bicyclic) bond motifs is 1. The van der Waals surface area contributed by atoms with Crippen molar-refractivity contribution < 1.29 is 14.3 Å². The molecule has 1 heterocycles. The molecule has 0 spiro atoms. The highest BCUT2D eigenvalue weighted by Gasteiger charge is 2.23. The van der Waals surface area contributed by atoms with Crippen LogP contribution < -0.4 is 15.0 Å². The van der Waals surface area contributed by atoms with Crippen LogP contribution in [0.1, 0.15) is 29.6 Å². The molecule has 0 unspecified atom stereocenters. The van der Waals surface area contributed by atoms with Gasteiger partial charge in [0.25, 0.3) is 5.91 Å². The van der Waals surface area contributed by atoms with E-state index in [1.54, 1.807) is 18.1 Å². The van der Waals surface area contributed by atoms with Crippen LogP contribution in [0.5, 0.6) is 5.75 Å². The zero-order valence-electron chi connectivity index (χ0n) is 15.8. The number of nitrogens with one attached hydrogen (secondary N) is 1. The molecule has 3 aromatic carbocycles. The summed E-state index contributed by atoms with van der Waals surface area (Å²) in [6.07, 6.45) is 2.47. The van der Waals surface area contributed by atoms with Gasteiger partial charge in [-0.2, -0.15) is 0 Å². The zero-order chi connectivity index (χ0) is 19.5. The van der Waals surface area contributed by atoms with Crippen molar-refractivity contribution in [3.05, 3.63) is 66.2 Å². The van der Waals surface area contributed by atoms with Crippen molar-refractivity contribution in [1.82, 2.24) is 0 Å². The van der Waals surface area contributed by atoms with Gasteiger partial charge in [0.2, 0.25) is 5.91 Å². The van der Waals surface area contributed by atoms with Crippen LogP contribution in [0, 0.1) is 0 Å². The molecule has 0 aliphatic carbocycles. The van der Waals surface area contributed by atoms with Crippen molar-refractivity contribution in [2.75, 3.05) is 23.9 Å². The molecule has 3 aromatic rings. The maximum absolute atomic E-state index is 12.8. The number of hydrogen-bond acceptors (Lipinski definition) is 3. The van der Waals surface area contributed by atoms with Crippen molar-refractivity contribution in [3.63, 3.8) is 0 Å². The third kappa shape index (κ3) is 3.43. The fraction of sp³-hybridized carbons (Fsp3) is 0.217. The molecule has 0 aromatic heterocycles. The molecule has 5 heteroatoms. The second kappa shape index (κ2) is 7.72. The Morgan fingerprint density at radius 3 is 2.68 bits per heavy atom. The summed E-state index contributed by atoms with van der Waals surface area (Å²) in [5, 5.41) is 4.87. The lowest BCUT2D eigenvalue weighted by Crippen LogP contribution is -2.35. The van der Waals surface area contributed by atoms with Gasteiger partial charge in [0.05, 0.1) is 12.8 Å². The van der Waals surface area contributed by atoms with Gasteiger partial charge in [0.1, 0.15) is 5.75 Å². The van der Waals surface area contributed by atoms with Crippen molar-refractivity contribution in [2.45, 2.75) is 19.3 Å². The van der Waals surface area contributed by atoms with E-state index in [0.717, 1.165) is 29.3 Å². The first-order chi connectivity index (χ1) is 13.7. The number of carbonyl (C=O) groups excluding carboxylic acids is 2. The number of hydrogen-bond donors (Lipinski definition) is 1. The maximum atomic E-state index is 12.8. The van der Waals surface area contributed by atoms with Crippen LogP contribution >= 0.6 is 0 Å². The smallest absolute Gasteiger partial charge is 0.256 e. The Kier molecular flexibility index (Phi) is 4.98. The second-order valence-corrected chi connectivity index (χ2v) is 6.87. The quantitative estimate of drug-likeness (QED) is 0.725. The molecule has 4 rings (SSSR count). The minimum atomic E-state index is -0.180. The largest absolute Gasteiger partial charge is 0.494 e. The Bertz CT molecular complexity index is 1040. The number of benzene rings is 3. The van der Waals surface area contributed by atoms with E-state index >= 15 is 0 Å². The molecule has 0 saturated carbocycles. The summed E-state index contributed by atoms with van der Waals surface area (Å²) in [6, 6.07) is 18.9. The summed E-state index contributed by atoms with van der Waals surface area (Å²) in [5.74, 6) is 0.503. The van der Waals surface area contributed by atoms with Gasteiger partial charge in [-0.1, -0.05) is 36.4 Å². The highest BCUT2D eigenvalue weighted by atomic mass is 16.5. The van der Waals surface area contributed by atoms with E-state index < -0.39 is 0 Å². The first-order valence-corrected chi connectivity index (χ1v) is 9.45. The van der Waals surface area contributed by atoms with E-state index in [1.807, 2.05) is 54.6 Å². The Morgan fingerprint density at radius 2 is 1.86 bits per heavy atom. The molecule has 5 nitrogen and oxygen atoms in total. The van der Waals surface area contributed by atoms with Crippen molar-refractivity contribution in [2.24, 2.45) is 0 Å². The molecule has 142 valence electrons. The van der Waals surface area contributed by atoms with Gasteiger partial charge in [0.15, 0.2) is 0 Å².